The predicted octanol–water partition coefficient (Wildman–Crippen LogP) is 2.10. The molecule has 1 saturated carbocycles. The van der Waals surface area contributed by atoms with E-state index in [4.69, 9.17) is 9.26 Å². The molecule has 1 fully saturated rings. The highest BCUT2D eigenvalue weighted by Crippen LogP contribution is 2.21. The Labute approximate surface area is 114 Å². The van der Waals surface area contributed by atoms with E-state index >= 15 is 0 Å². The highest BCUT2D eigenvalue weighted by atomic mass is 35.5. The fraction of sp³-hybridized carbons (Fsp3) is 0.833. The fourth-order valence-electron chi connectivity index (χ4n) is 2.05. The molecule has 0 radical (unpaired) electrons. The summed E-state index contributed by atoms with van der Waals surface area (Å²) < 4.78 is 10.9. The molecule has 2 rings (SSSR count). The molecule has 1 aliphatic rings. The van der Waals surface area contributed by atoms with Crippen molar-refractivity contribution in [2.45, 2.75) is 57.8 Å². The summed E-state index contributed by atoms with van der Waals surface area (Å²) in [7, 11) is 1.93. The Bertz CT molecular complexity index is 340. The Morgan fingerprint density at radius 3 is 2.83 bits per heavy atom. The first kappa shape index (κ1) is 15.4. The molecule has 104 valence electrons. The molecule has 1 aromatic rings. The lowest BCUT2D eigenvalue weighted by atomic mass is 10.2. The number of ether oxygens (including phenoxy) is 1. The van der Waals surface area contributed by atoms with Gasteiger partial charge in [0.1, 0.15) is 6.61 Å². The highest BCUT2D eigenvalue weighted by molar-refractivity contribution is 5.85. The van der Waals surface area contributed by atoms with Gasteiger partial charge < -0.3 is 14.6 Å². The maximum absolute atomic E-state index is 5.72. The summed E-state index contributed by atoms with van der Waals surface area (Å²) in [5.74, 6) is 1.34. The number of likely N-dealkylation sites (N-methyl/N-ethyl adjacent to an activating group) is 1. The van der Waals surface area contributed by atoms with Gasteiger partial charge in [0, 0.05) is 12.5 Å². The molecule has 1 atom stereocenters. The van der Waals surface area contributed by atoms with Gasteiger partial charge in [0.05, 0.1) is 6.10 Å². The molecule has 0 aliphatic heterocycles. The Kier molecular flexibility index (Phi) is 6.60. The van der Waals surface area contributed by atoms with Crippen molar-refractivity contribution in [3.8, 4) is 0 Å². The lowest BCUT2D eigenvalue weighted by Crippen LogP contribution is -2.24. The molecule has 1 unspecified atom stereocenters. The molecule has 0 bridgehead atoms. The van der Waals surface area contributed by atoms with Crippen molar-refractivity contribution >= 4 is 12.4 Å². The average molecular weight is 276 g/mol. The van der Waals surface area contributed by atoms with Gasteiger partial charge in [0.2, 0.25) is 0 Å². The van der Waals surface area contributed by atoms with Crippen LogP contribution in [0.3, 0.4) is 0 Å². The molecule has 1 aliphatic carbocycles. The molecule has 0 saturated heterocycles. The molecule has 1 heterocycles. The van der Waals surface area contributed by atoms with Crippen LogP contribution in [0.5, 0.6) is 0 Å². The van der Waals surface area contributed by atoms with Crippen LogP contribution in [0.25, 0.3) is 0 Å². The molecule has 0 amide bonds. The third-order valence-electron chi connectivity index (χ3n) is 3.24. The van der Waals surface area contributed by atoms with Crippen molar-refractivity contribution in [3.05, 3.63) is 11.7 Å². The van der Waals surface area contributed by atoms with Gasteiger partial charge in [-0.2, -0.15) is 4.98 Å². The third kappa shape index (κ3) is 4.55. The Balaban J connectivity index is 0.00000162. The average Bonchev–Trinajstić information content (AvgIpc) is 2.97. The Morgan fingerprint density at radius 1 is 1.44 bits per heavy atom. The second-order valence-corrected chi connectivity index (χ2v) is 4.72. The van der Waals surface area contributed by atoms with Crippen molar-refractivity contribution in [2.24, 2.45) is 0 Å². The lowest BCUT2D eigenvalue weighted by Gasteiger charge is -2.07. The minimum atomic E-state index is 0. The third-order valence-corrected chi connectivity index (χ3v) is 3.24. The van der Waals surface area contributed by atoms with Crippen LogP contribution in [-0.2, 0) is 17.8 Å². The molecule has 18 heavy (non-hydrogen) atoms. The second-order valence-electron chi connectivity index (χ2n) is 4.72. The maximum atomic E-state index is 5.72. The van der Waals surface area contributed by atoms with Crippen LogP contribution in [-0.4, -0.2) is 29.3 Å². The monoisotopic (exact) mass is 275 g/mol. The number of hydrogen-bond donors (Lipinski definition) is 1. The van der Waals surface area contributed by atoms with E-state index in [0.717, 1.165) is 25.1 Å². The summed E-state index contributed by atoms with van der Waals surface area (Å²) in [5, 5.41) is 7.09. The zero-order valence-corrected chi connectivity index (χ0v) is 11.8. The first-order chi connectivity index (χ1) is 8.28. The van der Waals surface area contributed by atoms with Crippen molar-refractivity contribution in [1.29, 1.82) is 0 Å². The van der Waals surface area contributed by atoms with E-state index in [1.54, 1.807) is 0 Å². The van der Waals surface area contributed by atoms with Crippen molar-refractivity contribution in [3.63, 3.8) is 0 Å². The fourth-order valence-corrected chi connectivity index (χ4v) is 2.05. The van der Waals surface area contributed by atoms with Crippen molar-refractivity contribution in [1.82, 2.24) is 15.5 Å². The van der Waals surface area contributed by atoms with Crippen LogP contribution in [0, 0.1) is 0 Å². The van der Waals surface area contributed by atoms with Gasteiger partial charge in [0.25, 0.3) is 5.89 Å². The molecule has 1 aromatic heterocycles. The number of aromatic nitrogens is 2. The largest absolute Gasteiger partial charge is 0.368 e. The second kappa shape index (κ2) is 7.71. The molecule has 0 spiro atoms. The number of nitrogens with one attached hydrogen (secondary N) is 1. The molecule has 5 nitrogen and oxygen atoms in total. The molecule has 1 N–H and O–H groups in total. The van der Waals surface area contributed by atoms with Crippen molar-refractivity contribution < 1.29 is 9.26 Å². The zero-order valence-electron chi connectivity index (χ0n) is 11.0. The van der Waals surface area contributed by atoms with Crippen molar-refractivity contribution in [2.75, 3.05) is 7.05 Å². The Hall–Kier alpha value is -0.650. The highest BCUT2D eigenvalue weighted by Gasteiger charge is 2.17. The van der Waals surface area contributed by atoms with Gasteiger partial charge in [-0.3, -0.25) is 0 Å². The summed E-state index contributed by atoms with van der Waals surface area (Å²) in [6, 6.07) is 0.358. The number of hydrogen-bond acceptors (Lipinski definition) is 5. The van der Waals surface area contributed by atoms with E-state index in [0.29, 0.717) is 24.6 Å². The van der Waals surface area contributed by atoms with E-state index < -0.39 is 0 Å². The van der Waals surface area contributed by atoms with Gasteiger partial charge in [0.15, 0.2) is 5.82 Å². The molecular formula is C12H22ClN3O2. The predicted molar refractivity (Wildman–Crippen MR) is 70.8 cm³/mol. The van der Waals surface area contributed by atoms with Gasteiger partial charge in [-0.1, -0.05) is 18.0 Å². The normalized spacial score (nSPS) is 17.7. The van der Waals surface area contributed by atoms with Crippen LogP contribution < -0.4 is 5.32 Å². The SMILES string of the molecule is CNC(C)Cc1noc(COC2CCCC2)n1.Cl. The quantitative estimate of drug-likeness (QED) is 0.862. The van der Waals surface area contributed by atoms with Gasteiger partial charge in [-0.25, -0.2) is 0 Å². The number of nitrogens with zero attached hydrogens (tertiary/aromatic N) is 2. The maximum Gasteiger partial charge on any atom is 0.252 e. The van der Waals surface area contributed by atoms with Crippen LogP contribution in [0.1, 0.15) is 44.3 Å². The van der Waals surface area contributed by atoms with Gasteiger partial charge >= 0.3 is 0 Å². The van der Waals surface area contributed by atoms with Crippen LogP contribution >= 0.6 is 12.4 Å². The Morgan fingerprint density at radius 2 is 2.17 bits per heavy atom. The van der Waals surface area contributed by atoms with Crippen LogP contribution in [0.15, 0.2) is 4.52 Å². The summed E-state index contributed by atoms with van der Waals surface area (Å²) >= 11 is 0. The van der Waals surface area contributed by atoms with E-state index in [-0.39, 0.29) is 12.4 Å². The first-order valence-electron chi connectivity index (χ1n) is 6.38. The van der Waals surface area contributed by atoms with E-state index in [1.165, 1.54) is 12.8 Å². The minimum absolute atomic E-state index is 0. The van der Waals surface area contributed by atoms with E-state index in [2.05, 4.69) is 22.4 Å². The van der Waals surface area contributed by atoms with Crippen LogP contribution in [0.4, 0.5) is 0 Å². The van der Waals surface area contributed by atoms with Gasteiger partial charge in [-0.15, -0.1) is 12.4 Å². The number of halogens is 1. The summed E-state index contributed by atoms with van der Waals surface area (Å²) in [6.07, 6.45) is 6.05. The summed E-state index contributed by atoms with van der Waals surface area (Å²) in [4.78, 5) is 4.32. The van der Waals surface area contributed by atoms with Gasteiger partial charge in [-0.05, 0) is 26.8 Å². The lowest BCUT2D eigenvalue weighted by molar-refractivity contribution is 0.0305. The standard InChI is InChI=1S/C12H21N3O2.ClH/c1-9(13-2)7-11-14-12(17-15-11)8-16-10-5-3-4-6-10;/h9-10,13H,3-8H2,1-2H3;1H. The molecular weight excluding hydrogens is 254 g/mol. The minimum Gasteiger partial charge on any atom is -0.368 e. The first-order valence-corrected chi connectivity index (χ1v) is 6.38. The summed E-state index contributed by atoms with van der Waals surface area (Å²) in [5.41, 5.74) is 0. The summed E-state index contributed by atoms with van der Waals surface area (Å²) in [6.45, 7) is 2.54. The number of rotatable bonds is 6. The zero-order chi connectivity index (χ0) is 12.1. The van der Waals surface area contributed by atoms with E-state index in [1.807, 2.05) is 7.05 Å². The topological polar surface area (TPSA) is 60.2 Å². The van der Waals surface area contributed by atoms with Crippen LogP contribution in [0.2, 0.25) is 0 Å². The molecule has 0 aromatic carbocycles. The smallest absolute Gasteiger partial charge is 0.252 e. The van der Waals surface area contributed by atoms with E-state index in [9.17, 15) is 0 Å². The molecule has 6 heteroatoms.